The van der Waals surface area contributed by atoms with Crippen LogP contribution in [-0.4, -0.2) is 165 Å². The largest absolute Gasteiger partial charge is 0.451 e. The molecular weight excluding hydrogens is 766 g/mol. The zero-order chi connectivity index (χ0) is 37.2. The topological polar surface area (TPSA) is 197 Å². The molecule has 0 fully saturated rings. The summed E-state index contributed by atoms with van der Waals surface area (Å²) in [7, 11) is 0. The highest BCUT2D eigenvalue weighted by molar-refractivity contribution is 6.61. The first kappa shape index (κ1) is 48.6. The van der Waals surface area contributed by atoms with E-state index in [4.69, 9.17) is 93.8 Å². The Balaban J connectivity index is 4.72. The standard InChI is InChI=1S/C28H46Cl4O18/c1-21(49-27(31)35)43-11-9-41-19-24(20-42-10-12-44-22(2)50-28(32)36)46-16-15-45-23(17-39-5-3-37-7-13-47-25(29)33)18-40-6-4-38-8-14-48-26(30)34/h21-24H,3-20H2,1-2H3. The second-order valence-corrected chi connectivity index (χ2v) is 10.5. The van der Waals surface area contributed by atoms with E-state index in [-0.39, 0.29) is 119 Å². The summed E-state index contributed by atoms with van der Waals surface area (Å²) in [6, 6.07) is 0. The maximum absolute atomic E-state index is 10.8. The van der Waals surface area contributed by atoms with Crippen molar-refractivity contribution in [2.75, 3.05) is 119 Å². The molecule has 0 bridgehead atoms. The number of rotatable bonds is 35. The zero-order valence-electron chi connectivity index (χ0n) is 27.9. The summed E-state index contributed by atoms with van der Waals surface area (Å²) in [6.07, 6.45) is -2.70. The molecule has 0 spiro atoms. The molecule has 2 unspecified atom stereocenters. The fourth-order valence-electron chi connectivity index (χ4n) is 3.25. The lowest BCUT2D eigenvalue weighted by atomic mass is 10.4. The summed E-state index contributed by atoms with van der Waals surface area (Å²) >= 11 is 20.5. The van der Waals surface area contributed by atoms with Gasteiger partial charge in [-0.2, -0.15) is 0 Å². The highest BCUT2D eigenvalue weighted by atomic mass is 35.5. The Kier molecular flexibility index (Phi) is 33.8. The Hall–Kier alpha value is -1.36. The number of carbonyl (C=O) groups excluding carboxylic acids is 4. The van der Waals surface area contributed by atoms with Crippen LogP contribution in [0.5, 0.6) is 0 Å². The lowest BCUT2D eigenvalue weighted by molar-refractivity contribution is -0.125. The van der Waals surface area contributed by atoms with Crippen LogP contribution in [0.25, 0.3) is 0 Å². The van der Waals surface area contributed by atoms with Crippen LogP contribution in [0.1, 0.15) is 13.8 Å². The third kappa shape index (κ3) is 36.4. The van der Waals surface area contributed by atoms with Crippen molar-refractivity contribution in [2.24, 2.45) is 0 Å². The van der Waals surface area contributed by atoms with Crippen LogP contribution in [0, 0.1) is 0 Å². The summed E-state index contributed by atoms with van der Waals surface area (Å²) in [6.45, 7) is 5.75. The van der Waals surface area contributed by atoms with Gasteiger partial charge in [0, 0.05) is 46.4 Å². The molecule has 0 aromatic carbocycles. The molecule has 18 nitrogen and oxygen atoms in total. The van der Waals surface area contributed by atoms with Crippen molar-refractivity contribution in [3.63, 3.8) is 0 Å². The van der Waals surface area contributed by atoms with E-state index in [1.54, 1.807) is 0 Å². The van der Waals surface area contributed by atoms with Gasteiger partial charge in [-0.1, -0.05) is 0 Å². The van der Waals surface area contributed by atoms with E-state index in [0.29, 0.717) is 0 Å². The highest BCUT2D eigenvalue weighted by Gasteiger charge is 2.15. The van der Waals surface area contributed by atoms with Crippen LogP contribution in [0.4, 0.5) is 19.2 Å². The van der Waals surface area contributed by atoms with Gasteiger partial charge in [-0.3, -0.25) is 0 Å². The summed E-state index contributed by atoms with van der Waals surface area (Å²) < 4.78 is 73.9. The van der Waals surface area contributed by atoms with Crippen LogP contribution in [-0.2, 0) is 66.3 Å². The molecule has 2 atom stereocenters. The molecule has 0 aromatic rings. The van der Waals surface area contributed by atoms with Crippen molar-refractivity contribution >= 4 is 68.1 Å². The van der Waals surface area contributed by atoms with Gasteiger partial charge in [0.25, 0.3) is 0 Å². The predicted octanol–water partition coefficient (Wildman–Crippen LogP) is 4.08. The predicted molar refractivity (Wildman–Crippen MR) is 174 cm³/mol. The van der Waals surface area contributed by atoms with Gasteiger partial charge in [-0.25, -0.2) is 19.2 Å². The maximum Gasteiger partial charge on any atom is 0.406 e. The monoisotopic (exact) mass is 810 g/mol. The molecule has 50 heavy (non-hydrogen) atoms. The highest BCUT2D eigenvalue weighted by Crippen LogP contribution is 2.03. The number of carbonyl (C=O) groups is 4. The van der Waals surface area contributed by atoms with E-state index in [0.717, 1.165) is 0 Å². The molecule has 0 N–H and O–H groups in total. The molecular formula is C28H46Cl4O18. The SMILES string of the molecule is CC(OCCOCC(COCCOC(C)OC(=O)Cl)OCCOC(COCCOCCOC(=O)Cl)COCCOCCOC(=O)Cl)OC(=O)Cl. The fraction of sp³-hybridized carbons (Fsp3) is 0.857. The molecule has 0 amide bonds. The maximum atomic E-state index is 10.8. The lowest BCUT2D eigenvalue weighted by Gasteiger charge is -2.21. The first-order valence-corrected chi connectivity index (χ1v) is 16.8. The smallest absolute Gasteiger partial charge is 0.406 e. The van der Waals surface area contributed by atoms with Crippen molar-refractivity contribution in [1.82, 2.24) is 0 Å². The van der Waals surface area contributed by atoms with Crippen molar-refractivity contribution in [2.45, 2.75) is 38.6 Å². The van der Waals surface area contributed by atoms with E-state index >= 15 is 0 Å². The van der Waals surface area contributed by atoms with Crippen molar-refractivity contribution < 1.29 is 85.5 Å². The van der Waals surface area contributed by atoms with Gasteiger partial charge in [0.1, 0.15) is 25.4 Å². The molecule has 0 heterocycles. The van der Waals surface area contributed by atoms with Gasteiger partial charge in [-0.15, -0.1) is 0 Å². The Bertz CT molecular complexity index is 814. The van der Waals surface area contributed by atoms with Gasteiger partial charge >= 0.3 is 21.7 Å². The molecule has 0 aliphatic carbocycles. The lowest BCUT2D eigenvalue weighted by Crippen LogP contribution is -2.31. The van der Waals surface area contributed by atoms with Gasteiger partial charge in [-0.05, 0) is 13.8 Å². The minimum Gasteiger partial charge on any atom is -0.451 e. The molecule has 294 valence electrons. The average Bonchev–Trinajstić information content (AvgIpc) is 3.03. The number of halogens is 4. The Morgan fingerprint density at radius 1 is 0.380 bits per heavy atom. The van der Waals surface area contributed by atoms with Crippen LogP contribution < -0.4 is 0 Å². The van der Waals surface area contributed by atoms with Crippen LogP contribution in [0.3, 0.4) is 0 Å². The molecule has 0 radical (unpaired) electrons. The van der Waals surface area contributed by atoms with E-state index in [1.165, 1.54) is 13.8 Å². The number of hydrogen-bond donors (Lipinski definition) is 0. The van der Waals surface area contributed by atoms with E-state index < -0.39 is 46.5 Å². The van der Waals surface area contributed by atoms with Crippen LogP contribution >= 0.6 is 46.4 Å². The van der Waals surface area contributed by atoms with Crippen LogP contribution in [0.2, 0.25) is 0 Å². The molecule has 0 rings (SSSR count). The molecule has 0 aliphatic heterocycles. The Morgan fingerprint density at radius 3 is 0.980 bits per heavy atom. The molecule has 0 aromatic heterocycles. The quantitative estimate of drug-likeness (QED) is 0.0384. The number of ether oxygens (including phenoxy) is 14. The van der Waals surface area contributed by atoms with Gasteiger partial charge in [0.2, 0.25) is 12.6 Å². The molecule has 0 aliphatic rings. The van der Waals surface area contributed by atoms with Crippen molar-refractivity contribution in [3.05, 3.63) is 0 Å². The minimum atomic E-state index is -0.984. The van der Waals surface area contributed by atoms with Gasteiger partial charge < -0.3 is 66.3 Å². The van der Waals surface area contributed by atoms with E-state index in [2.05, 4.69) is 18.9 Å². The summed E-state index contributed by atoms with van der Waals surface area (Å²) in [4.78, 5) is 42.7. The Morgan fingerprint density at radius 2 is 0.660 bits per heavy atom. The number of hydrogen-bond acceptors (Lipinski definition) is 18. The summed E-state index contributed by atoms with van der Waals surface area (Å²) in [5.74, 6) is 0. The summed E-state index contributed by atoms with van der Waals surface area (Å²) in [5, 5.41) is 0. The normalized spacial score (nSPS) is 13.1. The van der Waals surface area contributed by atoms with Crippen molar-refractivity contribution in [1.29, 1.82) is 0 Å². The third-order valence-electron chi connectivity index (χ3n) is 5.31. The van der Waals surface area contributed by atoms with Gasteiger partial charge in [0.15, 0.2) is 0 Å². The third-order valence-corrected chi connectivity index (χ3v) is 5.71. The molecule has 0 saturated heterocycles. The van der Waals surface area contributed by atoms with Gasteiger partial charge in [0.05, 0.1) is 106 Å². The summed E-state index contributed by atoms with van der Waals surface area (Å²) in [5.41, 5.74) is -3.79. The van der Waals surface area contributed by atoms with Crippen LogP contribution in [0.15, 0.2) is 0 Å². The second kappa shape index (κ2) is 34.7. The van der Waals surface area contributed by atoms with E-state index in [1.807, 2.05) is 0 Å². The zero-order valence-corrected chi connectivity index (χ0v) is 30.9. The van der Waals surface area contributed by atoms with Crippen molar-refractivity contribution in [3.8, 4) is 0 Å². The fourth-order valence-corrected chi connectivity index (χ4v) is 3.66. The first-order chi connectivity index (χ1) is 24.0. The molecule has 22 heteroatoms. The minimum absolute atomic E-state index is 0.0205. The Labute approximate surface area is 310 Å². The molecule has 0 saturated carbocycles. The second-order valence-electron chi connectivity index (χ2n) is 9.27. The average molecular weight is 812 g/mol. The first-order valence-electron chi connectivity index (χ1n) is 15.3. The van der Waals surface area contributed by atoms with E-state index in [9.17, 15) is 19.2 Å².